The first kappa shape index (κ1) is 9.88. The van der Waals surface area contributed by atoms with E-state index >= 15 is 0 Å². The molecule has 0 fully saturated rings. The average Bonchev–Trinajstić information content (AvgIpc) is 2.03. The van der Waals surface area contributed by atoms with Gasteiger partial charge in [-0.25, -0.2) is 0 Å². The van der Waals surface area contributed by atoms with Gasteiger partial charge in [-0.15, -0.1) is 0 Å². The molecule has 0 saturated heterocycles. The van der Waals surface area contributed by atoms with Crippen molar-refractivity contribution < 1.29 is 4.92 Å². The number of aromatic nitrogens is 1. The van der Waals surface area contributed by atoms with Gasteiger partial charge in [0.1, 0.15) is 5.69 Å². The maximum absolute atomic E-state index is 10.5. The van der Waals surface area contributed by atoms with Gasteiger partial charge in [0.05, 0.1) is 16.0 Å². The summed E-state index contributed by atoms with van der Waals surface area (Å²) in [7, 11) is 0. The minimum atomic E-state index is -0.544. The largest absolute Gasteiger partial charge is 0.323 e. The molecule has 1 aromatic rings. The molecule has 0 aliphatic heterocycles. The highest BCUT2D eigenvalue weighted by Crippen LogP contribution is 2.24. The summed E-state index contributed by atoms with van der Waals surface area (Å²) in [5, 5.41) is 10.8. The maximum atomic E-state index is 10.5. The van der Waals surface area contributed by atoms with Crippen LogP contribution in [0.5, 0.6) is 0 Å². The van der Waals surface area contributed by atoms with Crippen LogP contribution in [0, 0.1) is 10.1 Å². The minimum absolute atomic E-state index is 0.137. The molecular weight excluding hydrogens is 194 g/mol. The van der Waals surface area contributed by atoms with Crippen LogP contribution in [0.4, 0.5) is 5.69 Å². The maximum Gasteiger partial charge on any atom is 0.293 e. The van der Waals surface area contributed by atoms with Crippen molar-refractivity contribution in [1.82, 2.24) is 4.98 Å². The lowest BCUT2D eigenvalue weighted by molar-refractivity contribution is -0.386. The molecule has 0 aliphatic rings. The minimum Gasteiger partial charge on any atom is -0.323 e. The predicted octanol–water partition coefficient (Wildman–Crippen LogP) is 1.66. The Balaban J connectivity index is 3.27. The van der Waals surface area contributed by atoms with E-state index in [1.165, 1.54) is 12.3 Å². The van der Waals surface area contributed by atoms with Crippen LogP contribution in [0.15, 0.2) is 12.3 Å². The summed E-state index contributed by atoms with van der Waals surface area (Å²) in [6.45, 7) is 1.63. The summed E-state index contributed by atoms with van der Waals surface area (Å²) in [6, 6.07) is 0.769. The second-order valence-electron chi connectivity index (χ2n) is 2.60. The normalized spacial score (nSPS) is 12.5. The third-order valence-electron chi connectivity index (χ3n) is 1.49. The van der Waals surface area contributed by atoms with Crippen molar-refractivity contribution in [2.24, 2.45) is 5.73 Å². The Kier molecular flexibility index (Phi) is 2.79. The van der Waals surface area contributed by atoms with Crippen molar-refractivity contribution in [3.63, 3.8) is 0 Å². The van der Waals surface area contributed by atoms with E-state index in [2.05, 4.69) is 4.98 Å². The lowest BCUT2D eigenvalue weighted by atomic mass is 10.2. The molecular formula is C7H8ClN3O2. The fourth-order valence-corrected chi connectivity index (χ4v) is 1.09. The molecule has 1 rings (SSSR count). The van der Waals surface area contributed by atoms with E-state index in [0.717, 1.165) is 0 Å². The van der Waals surface area contributed by atoms with Gasteiger partial charge in [-0.3, -0.25) is 15.1 Å². The highest BCUT2D eigenvalue weighted by molar-refractivity contribution is 6.30. The highest BCUT2D eigenvalue weighted by Gasteiger charge is 2.18. The van der Waals surface area contributed by atoms with Crippen LogP contribution in [0.3, 0.4) is 0 Å². The van der Waals surface area contributed by atoms with Crippen LogP contribution < -0.4 is 5.73 Å². The number of rotatable bonds is 2. The number of nitrogens with two attached hydrogens (primary N) is 1. The molecule has 2 N–H and O–H groups in total. The first-order valence-electron chi connectivity index (χ1n) is 3.57. The van der Waals surface area contributed by atoms with E-state index in [1.807, 2.05) is 0 Å². The zero-order chi connectivity index (χ0) is 10.0. The molecule has 0 bridgehead atoms. The average molecular weight is 202 g/mol. The van der Waals surface area contributed by atoms with Crippen LogP contribution in [0.1, 0.15) is 18.7 Å². The zero-order valence-corrected chi connectivity index (χ0v) is 7.65. The Bertz CT molecular complexity index is 341. The van der Waals surface area contributed by atoms with Crippen LogP contribution in [0.2, 0.25) is 5.02 Å². The van der Waals surface area contributed by atoms with Gasteiger partial charge in [0, 0.05) is 12.3 Å². The standard InChI is InChI=1S/C7H8ClN3O2/c1-4(9)7-6(11(12)13)2-5(8)3-10-7/h2-4H,9H2,1H3/t4-/m0/s1. The first-order valence-corrected chi connectivity index (χ1v) is 3.95. The summed E-state index contributed by atoms with van der Waals surface area (Å²) < 4.78 is 0. The van der Waals surface area contributed by atoms with Gasteiger partial charge in [0.15, 0.2) is 0 Å². The third-order valence-corrected chi connectivity index (χ3v) is 1.70. The van der Waals surface area contributed by atoms with Gasteiger partial charge in [-0.05, 0) is 6.92 Å². The number of nitro groups is 1. The molecule has 1 atom stereocenters. The highest BCUT2D eigenvalue weighted by atomic mass is 35.5. The predicted molar refractivity (Wildman–Crippen MR) is 48.5 cm³/mol. The summed E-state index contributed by atoms with van der Waals surface area (Å²) >= 11 is 5.56. The fraction of sp³-hybridized carbons (Fsp3) is 0.286. The van der Waals surface area contributed by atoms with Crippen molar-refractivity contribution in [2.75, 3.05) is 0 Å². The Labute approximate surface area is 79.7 Å². The number of pyridine rings is 1. The Hall–Kier alpha value is -1.20. The third kappa shape index (κ3) is 2.13. The Morgan fingerprint density at radius 3 is 2.85 bits per heavy atom. The van der Waals surface area contributed by atoms with Crippen LogP contribution in [-0.4, -0.2) is 9.91 Å². The fourth-order valence-electron chi connectivity index (χ4n) is 0.936. The Morgan fingerprint density at radius 1 is 1.77 bits per heavy atom. The SMILES string of the molecule is C[C@H](N)c1ncc(Cl)cc1[N+](=O)[O-]. The van der Waals surface area contributed by atoms with E-state index in [1.54, 1.807) is 6.92 Å². The van der Waals surface area contributed by atoms with E-state index in [0.29, 0.717) is 0 Å². The van der Waals surface area contributed by atoms with Crippen LogP contribution in [0.25, 0.3) is 0 Å². The number of halogens is 1. The molecule has 0 saturated carbocycles. The molecule has 0 radical (unpaired) electrons. The molecule has 0 unspecified atom stereocenters. The molecule has 70 valence electrons. The topological polar surface area (TPSA) is 82.0 Å². The molecule has 0 spiro atoms. The van der Waals surface area contributed by atoms with Crippen LogP contribution >= 0.6 is 11.6 Å². The summed E-state index contributed by atoms with van der Waals surface area (Å²) in [5.41, 5.74) is 5.60. The molecule has 0 aliphatic carbocycles. The molecule has 6 heteroatoms. The lowest BCUT2D eigenvalue weighted by Gasteiger charge is -2.04. The van der Waals surface area contributed by atoms with Crippen molar-refractivity contribution in [2.45, 2.75) is 13.0 Å². The number of nitrogens with zero attached hydrogens (tertiary/aromatic N) is 2. The van der Waals surface area contributed by atoms with E-state index in [9.17, 15) is 10.1 Å². The van der Waals surface area contributed by atoms with Crippen molar-refractivity contribution in [1.29, 1.82) is 0 Å². The van der Waals surface area contributed by atoms with Crippen molar-refractivity contribution >= 4 is 17.3 Å². The smallest absolute Gasteiger partial charge is 0.293 e. The molecule has 0 aromatic carbocycles. The summed E-state index contributed by atoms with van der Waals surface area (Å²) in [5.74, 6) is 0. The van der Waals surface area contributed by atoms with E-state index < -0.39 is 11.0 Å². The van der Waals surface area contributed by atoms with Crippen LogP contribution in [-0.2, 0) is 0 Å². The lowest BCUT2D eigenvalue weighted by Crippen LogP contribution is -2.10. The Morgan fingerprint density at radius 2 is 2.38 bits per heavy atom. The number of hydrogen-bond donors (Lipinski definition) is 1. The quantitative estimate of drug-likeness (QED) is 0.583. The molecule has 5 nitrogen and oxygen atoms in total. The monoisotopic (exact) mass is 201 g/mol. The number of hydrogen-bond acceptors (Lipinski definition) is 4. The van der Waals surface area contributed by atoms with Gasteiger partial charge >= 0.3 is 0 Å². The van der Waals surface area contributed by atoms with Gasteiger partial charge in [0.25, 0.3) is 5.69 Å². The molecule has 0 amide bonds. The van der Waals surface area contributed by atoms with E-state index in [-0.39, 0.29) is 16.4 Å². The van der Waals surface area contributed by atoms with Crippen molar-refractivity contribution in [3.8, 4) is 0 Å². The zero-order valence-electron chi connectivity index (χ0n) is 6.90. The first-order chi connectivity index (χ1) is 6.02. The van der Waals surface area contributed by atoms with Gasteiger partial charge in [-0.1, -0.05) is 11.6 Å². The van der Waals surface area contributed by atoms with Gasteiger partial charge in [-0.2, -0.15) is 0 Å². The molecule has 1 heterocycles. The summed E-state index contributed by atoms with van der Waals surface area (Å²) in [4.78, 5) is 13.8. The molecule has 13 heavy (non-hydrogen) atoms. The van der Waals surface area contributed by atoms with Gasteiger partial charge < -0.3 is 5.73 Å². The second kappa shape index (κ2) is 3.68. The summed E-state index contributed by atoms with van der Waals surface area (Å²) in [6.07, 6.45) is 1.34. The second-order valence-corrected chi connectivity index (χ2v) is 3.04. The van der Waals surface area contributed by atoms with Gasteiger partial charge in [0.2, 0.25) is 0 Å². The van der Waals surface area contributed by atoms with E-state index in [4.69, 9.17) is 17.3 Å². The van der Waals surface area contributed by atoms with Crippen molar-refractivity contribution in [3.05, 3.63) is 33.1 Å². The molecule has 1 aromatic heterocycles.